The number of hydrogen-bond acceptors (Lipinski definition) is 2. The smallest absolute Gasteiger partial charge is 0.0642 e. The van der Waals surface area contributed by atoms with Crippen molar-refractivity contribution in [2.45, 2.75) is 13.0 Å². The van der Waals surface area contributed by atoms with Crippen LogP contribution < -0.4 is 10.6 Å². The van der Waals surface area contributed by atoms with Crippen molar-refractivity contribution in [3.63, 3.8) is 0 Å². The van der Waals surface area contributed by atoms with Crippen molar-refractivity contribution >= 4 is 28.9 Å². The van der Waals surface area contributed by atoms with Crippen LogP contribution in [0.25, 0.3) is 0 Å². The first kappa shape index (κ1) is 15.2. The van der Waals surface area contributed by atoms with E-state index >= 15 is 0 Å². The predicted molar refractivity (Wildman–Crippen MR) is 87.8 cm³/mol. The Kier molecular flexibility index (Phi) is 5.30. The number of halogens is 2. The van der Waals surface area contributed by atoms with Crippen molar-refractivity contribution in [3.8, 4) is 0 Å². The molecule has 20 heavy (non-hydrogen) atoms. The summed E-state index contributed by atoms with van der Waals surface area (Å²) < 4.78 is 0. The van der Waals surface area contributed by atoms with Gasteiger partial charge in [0, 0.05) is 18.6 Å². The summed E-state index contributed by atoms with van der Waals surface area (Å²) >= 11 is 12.4. The van der Waals surface area contributed by atoms with Gasteiger partial charge in [0.05, 0.1) is 10.7 Å². The van der Waals surface area contributed by atoms with E-state index in [9.17, 15) is 0 Å². The Labute approximate surface area is 130 Å². The lowest BCUT2D eigenvalue weighted by atomic mass is 10.1. The van der Waals surface area contributed by atoms with Gasteiger partial charge in [-0.3, -0.25) is 0 Å². The Balaban J connectivity index is 2.14. The first-order valence-corrected chi connectivity index (χ1v) is 7.30. The standard InChI is InChI=1S/C16H18Cl2N2/c1-20(11-13-3-2-4-14(17)9-13)16-6-5-12(7-8-19)10-15(16)18/h2-6,9-10H,7-8,11,19H2,1H3. The summed E-state index contributed by atoms with van der Waals surface area (Å²) in [5, 5.41) is 1.50. The molecule has 2 aromatic rings. The SMILES string of the molecule is CN(Cc1cccc(Cl)c1)c1ccc(CCN)cc1Cl. The molecule has 0 amide bonds. The van der Waals surface area contributed by atoms with Gasteiger partial charge in [-0.15, -0.1) is 0 Å². The van der Waals surface area contributed by atoms with Crippen molar-refractivity contribution < 1.29 is 0 Å². The molecule has 4 heteroatoms. The Hall–Kier alpha value is -1.22. The maximum atomic E-state index is 6.35. The molecular weight excluding hydrogens is 291 g/mol. The zero-order valence-electron chi connectivity index (χ0n) is 11.4. The van der Waals surface area contributed by atoms with E-state index in [2.05, 4.69) is 17.0 Å². The number of nitrogens with zero attached hydrogens (tertiary/aromatic N) is 1. The Morgan fingerprint density at radius 1 is 1.05 bits per heavy atom. The Morgan fingerprint density at radius 3 is 2.50 bits per heavy atom. The summed E-state index contributed by atoms with van der Waals surface area (Å²) in [7, 11) is 2.02. The van der Waals surface area contributed by atoms with Gasteiger partial charge in [0.2, 0.25) is 0 Å². The van der Waals surface area contributed by atoms with Crippen LogP contribution in [0.3, 0.4) is 0 Å². The van der Waals surface area contributed by atoms with Crippen LogP contribution in [-0.4, -0.2) is 13.6 Å². The summed E-state index contributed by atoms with van der Waals surface area (Å²) in [5.41, 5.74) is 8.88. The lowest BCUT2D eigenvalue weighted by Gasteiger charge is -2.21. The molecule has 0 unspecified atom stereocenters. The molecule has 0 aliphatic carbocycles. The van der Waals surface area contributed by atoms with E-state index in [1.807, 2.05) is 37.4 Å². The highest BCUT2D eigenvalue weighted by Gasteiger charge is 2.08. The van der Waals surface area contributed by atoms with Crippen LogP contribution >= 0.6 is 23.2 Å². The van der Waals surface area contributed by atoms with Crippen molar-refractivity contribution in [2.75, 3.05) is 18.5 Å². The largest absolute Gasteiger partial charge is 0.369 e. The van der Waals surface area contributed by atoms with Gasteiger partial charge in [0.1, 0.15) is 0 Å². The van der Waals surface area contributed by atoms with Crippen LogP contribution in [0.15, 0.2) is 42.5 Å². The van der Waals surface area contributed by atoms with Crippen LogP contribution in [0, 0.1) is 0 Å². The summed E-state index contributed by atoms with van der Waals surface area (Å²) in [5.74, 6) is 0. The van der Waals surface area contributed by atoms with Gasteiger partial charge in [0.25, 0.3) is 0 Å². The molecule has 2 nitrogen and oxygen atoms in total. The molecule has 0 atom stereocenters. The zero-order valence-corrected chi connectivity index (χ0v) is 13.0. The molecule has 0 heterocycles. The molecule has 0 aromatic heterocycles. The number of benzene rings is 2. The molecule has 106 valence electrons. The predicted octanol–water partition coefficient (Wildman–Crippen LogP) is 4.13. The minimum absolute atomic E-state index is 0.633. The fourth-order valence-corrected chi connectivity index (χ4v) is 2.74. The molecule has 0 saturated heterocycles. The highest BCUT2D eigenvalue weighted by atomic mass is 35.5. The molecule has 2 N–H and O–H groups in total. The third-order valence-electron chi connectivity index (χ3n) is 3.17. The van der Waals surface area contributed by atoms with Gasteiger partial charge < -0.3 is 10.6 Å². The van der Waals surface area contributed by atoms with Crippen LogP contribution in [-0.2, 0) is 13.0 Å². The second kappa shape index (κ2) is 6.98. The van der Waals surface area contributed by atoms with Crippen LogP contribution in [0.5, 0.6) is 0 Å². The quantitative estimate of drug-likeness (QED) is 0.900. The molecule has 0 fully saturated rings. The monoisotopic (exact) mass is 308 g/mol. The van der Waals surface area contributed by atoms with Crippen LogP contribution in [0.1, 0.15) is 11.1 Å². The number of nitrogens with two attached hydrogens (primary N) is 1. The number of rotatable bonds is 5. The minimum atomic E-state index is 0.633. The van der Waals surface area contributed by atoms with Crippen LogP contribution in [0.2, 0.25) is 10.0 Å². The molecule has 0 radical (unpaired) electrons. The normalized spacial score (nSPS) is 10.6. The summed E-state index contributed by atoms with van der Waals surface area (Å²) in [4.78, 5) is 2.11. The summed E-state index contributed by atoms with van der Waals surface area (Å²) in [6.45, 7) is 1.39. The first-order chi connectivity index (χ1) is 9.60. The van der Waals surface area contributed by atoms with Gasteiger partial charge in [-0.2, -0.15) is 0 Å². The van der Waals surface area contributed by atoms with Gasteiger partial charge in [-0.05, 0) is 48.4 Å². The van der Waals surface area contributed by atoms with Gasteiger partial charge >= 0.3 is 0 Å². The molecule has 2 rings (SSSR count). The molecular formula is C16H18Cl2N2. The van der Waals surface area contributed by atoms with Crippen molar-refractivity contribution in [2.24, 2.45) is 5.73 Å². The lowest BCUT2D eigenvalue weighted by molar-refractivity contribution is 0.919. The van der Waals surface area contributed by atoms with Crippen LogP contribution in [0.4, 0.5) is 5.69 Å². The first-order valence-electron chi connectivity index (χ1n) is 6.54. The molecule has 0 aliphatic heterocycles. The maximum Gasteiger partial charge on any atom is 0.0642 e. The van der Waals surface area contributed by atoms with Gasteiger partial charge in [0.15, 0.2) is 0 Å². The van der Waals surface area contributed by atoms with E-state index in [1.54, 1.807) is 0 Å². The van der Waals surface area contributed by atoms with E-state index in [4.69, 9.17) is 28.9 Å². The lowest BCUT2D eigenvalue weighted by Crippen LogP contribution is -2.17. The summed E-state index contributed by atoms with van der Waals surface area (Å²) in [6, 6.07) is 13.9. The Morgan fingerprint density at radius 2 is 1.85 bits per heavy atom. The second-order valence-electron chi connectivity index (χ2n) is 4.81. The van der Waals surface area contributed by atoms with Gasteiger partial charge in [-0.1, -0.05) is 41.4 Å². The molecule has 0 bridgehead atoms. The second-order valence-corrected chi connectivity index (χ2v) is 5.65. The van der Waals surface area contributed by atoms with E-state index < -0.39 is 0 Å². The average Bonchev–Trinajstić information content (AvgIpc) is 2.39. The van der Waals surface area contributed by atoms with E-state index in [-0.39, 0.29) is 0 Å². The molecule has 2 aromatic carbocycles. The third kappa shape index (κ3) is 3.89. The van der Waals surface area contributed by atoms with Crippen molar-refractivity contribution in [1.82, 2.24) is 0 Å². The number of anilines is 1. The highest BCUT2D eigenvalue weighted by Crippen LogP contribution is 2.27. The Bertz CT molecular complexity index is 584. The molecule has 0 saturated carbocycles. The van der Waals surface area contributed by atoms with Crippen molar-refractivity contribution in [1.29, 1.82) is 0 Å². The average molecular weight is 309 g/mol. The maximum absolute atomic E-state index is 6.35. The third-order valence-corrected chi connectivity index (χ3v) is 3.70. The molecule has 0 aliphatic rings. The minimum Gasteiger partial charge on any atom is -0.369 e. The topological polar surface area (TPSA) is 29.3 Å². The fraction of sp³-hybridized carbons (Fsp3) is 0.250. The van der Waals surface area contributed by atoms with E-state index in [1.165, 1.54) is 0 Å². The van der Waals surface area contributed by atoms with E-state index in [0.29, 0.717) is 6.54 Å². The zero-order chi connectivity index (χ0) is 14.5. The summed E-state index contributed by atoms with van der Waals surface area (Å²) in [6.07, 6.45) is 0.845. The van der Waals surface area contributed by atoms with E-state index in [0.717, 1.165) is 39.8 Å². The van der Waals surface area contributed by atoms with Gasteiger partial charge in [-0.25, -0.2) is 0 Å². The fourth-order valence-electron chi connectivity index (χ4n) is 2.18. The molecule has 0 spiro atoms. The highest BCUT2D eigenvalue weighted by molar-refractivity contribution is 6.33. The van der Waals surface area contributed by atoms with Crippen molar-refractivity contribution in [3.05, 3.63) is 63.6 Å². The number of hydrogen-bond donors (Lipinski definition) is 1.